The summed E-state index contributed by atoms with van der Waals surface area (Å²) in [5, 5.41) is 8.72. The third-order valence-corrected chi connectivity index (χ3v) is 2.74. The highest BCUT2D eigenvalue weighted by molar-refractivity contribution is 9.10. The number of rotatable bonds is 4. The van der Waals surface area contributed by atoms with Crippen molar-refractivity contribution in [3.63, 3.8) is 0 Å². The highest BCUT2D eigenvalue weighted by Gasteiger charge is 2.17. The van der Waals surface area contributed by atoms with Crippen LogP contribution in [0.15, 0.2) is 22.7 Å². The smallest absolute Gasteiger partial charge is 0.323 e. The number of benzene rings is 1. The second-order valence-corrected chi connectivity index (χ2v) is 4.65. The Morgan fingerprint density at radius 1 is 1.35 bits per heavy atom. The number of carbonyl (C=O) groups excluding carboxylic acids is 1. The summed E-state index contributed by atoms with van der Waals surface area (Å²) in [5.74, 6) is -1.27. The molecular formula is C12H14BrNO3. The highest BCUT2D eigenvalue weighted by atomic mass is 79.9. The standard InChI is InChI=1S/C12H14BrNO3/c1-3-14(7-11(15)16)12(17)9-4-8(2)5-10(13)6-9/h4-6H,3,7H2,1-2H3,(H,15,16). The molecule has 1 aromatic carbocycles. The van der Waals surface area contributed by atoms with Crippen molar-refractivity contribution >= 4 is 27.8 Å². The Bertz CT molecular complexity index is 425. The quantitative estimate of drug-likeness (QED) is 0.928. The monoisotopic (exact) mass is 299 g/mol. The normalized spacial score (nSPS) is 10.1. The summed E-state index contributed by atoms with van der Waals surface area (Å²) in [6.07, 6.45) is 0. The van der Waals surface area contributed by atoms with Gasteiger partial charge in [-0.25, -0.2) is 0 Å². The molecule has 0 fully saturated rings. The van der Waals surface area contributed by atoms with E-state index in [1.54, 1.807) is 19.1 Å². The number of likely N-dealkylation sites (N-methyl/N-ethyl adjacent to an activating group) is 1. The number of carboxylic acids is 1. The van der Waals surface area contributed by atoms with Crippen molar-refractivity contribution in [2.24, 2.45) is 0 Å². The van der Waals surface area contributed by atoms with Crippen LogP contribution in [0.2, 0.25) is 0 Å². The summed E-state index contributed by atoms with van der Waals surface area (Å²) in [6.45, 7) is 3.73. The molecule has 0 aliphatic carbocycles. The molecule has 0 heterocycles. The third kappa shape index (κ3) is 3.85. The van der Waals surface area contributed by atoms with Crippen LogP contribution >= 0.6 is 15.9 Å². The molecule has 0 aromatic heterocycles. The average molecular weight is 300 g/mol. The van der Waals surface area contributed by atoms with Gasteiger partial charge in [0, 0.05) is 16.6 Å². The van der Waals surface area contributed by atoms with E-state index < -0.39 is 5.97 Å². The molecule has 4 nitrogen and oxygen atoms in total. The maximum absolute atomic E-state index is 12.1. The van der Waals surface area contributed by atoms with Crippen molar-refractivity contribution in [3.05, 3.63) is 33.8 Å². The van der Waals surface area contributed by atoms with Gasteiger partial charge in [-0.15, -0.1) is 0 Å². The van der Waals surface area contributed by atoms with Gasteiger partial charge in [-0.1, -0.05) is 15.9 Å². The van der Waals surface area contributed by atoms with Crippen molar-refractivity contribution in [1.29, 1.82) is 0 Å². The molecule has 5 heteroatoms. The first-order chi connectivity index (χ1) is 7.93. The summed E-state index contributed by atoms with van der Waals surface area (Å²) < 4.78 is 0.812. The Morgan fingerprint density at radius 3 is 2.47 bits per heavy atom. The van der Waals surface area contributed by atoms with Crippen molar-refractivity contribution < 1.29 is 14.7 Å². The molecule has 0 unspecified atom stereocenters. The first kappa shape index (κ1) is 13.7. The minimum absolute atomic E-state index is 0.265. The largest absolute Gasteiger partial charge is 0.480 e. The van der Waals surface area contributed by atoms with Gasteiger partial charge in [0.1, 0.15) is 6.54 Å². The molecule has 1 N–H and O–H groups in total. The number of aryl methyl sites for hydroxylation is 1. The minimum Gasteiger partial charge on any atom is -0.480 e. The Morgan fingerprint density at radius 2 is 2.00 bits per heavy atom. The van der Waals surface area contributed by atoms with Crippen LogP contribution < -0.4 is 0 Å². The van der Waals surface area contributed by atoms with Gasteiger partial charge in [-0.05, 0) is 37.6 Å². The van der Waals surface area contributed by atoms with Crippen molar-refractivity contribution in [2.75, 3.05) is 13.1 Å². The molecular weight excluding hydrogens is 286 g/mol. The van der Waals surface area contributed by atoms with Crippen molar-refractivity contribution in [1.82, 2.24) is 4.90 Å². The number of aliphatic carboxylic acids is 1. The van der Waals surface area contributed by atoms with Gasteiger partial charge in [-0.3, -0.25) is 9.59 Å². The third-order valence-electron chi connectivity index (χ3n) is 2.28. The van der Waals surface area contributed by atoms with Crippen LogP contribution in [0.4, 0.5) is 0 Å². The maximum atomic E-state index is 12.1. The molecule has 1 aromatic rings. The molecule has 0 radical (unpaired) electrons. The SMILES string of the molecule is CCN(CC(=O)O)C(=O)c1cc(C)cc(Br)c1. The maximum Gasteiger partial charge on any atom is 0.323 e. The van der Waals surface area contributed by atoms with E-state index >= 15 is 0 Å². The van der Waals surface area contributed by atoms with Crippen molar-refractivity contribution in [2.45, 2.75) is 13.8 Å². The van der Waals surface area contributed by atoms with Crippen LogP contribution in [0.3, 0.4) is 0 Å². The fourth-order valence-corrected chi connectivity index (χ4v) is 2.14. The van der Waals surface area contributed by atoms with Gasteiger partial charge in [0.2, 0.25) is 0 Å². The fraction of sp³-hybridized carbons (Fsp3) is 0.333. The highest BCUT2D eigenvalue weighted by Crippen LogP contribution is 2.16. The zero-order chi connectivity index (χ0) is 13.0. The summed E-state index contributed by atoms with van der Waals surface area (Å²) in [6, 6.07) is 5.34. The van der Waals surface area contributed by atoms with Crippen LogP contribution in [0.25, 0.3) is 0 Å². The van der Waals surface area contributed by atoms with Gasteiger partial charge < -0.3 is 10.0 Å². The Kier molecular flexibility index (Phi) is 4.69. The fourth-order valence-electron chi connectivity index (χ4n) is 1.53. The molecule has 0 saturated carbocycles. The van der Waals surface area contributed by atoms with Crippen LogP contribution in [0, 0.1) is 6.92 Å². The molecule has 17 heavy (non-hydrogen) atoms. The molecule has 92 valence electrons. The van der Waals surface area contributed by atoms with Gasteiger partial charge >= 0.3 is 5.97 Å². The first-order valence-corrected chi connectivity index (χ1v) is 6.01. The Labute approximate surface area is 108 Å². The van der Waals surface area contributed by atoms with Crippen LogP contribution in [-0.4, -0.2) is 35.0 Å². The lowest BCUT2D eigenvalue weighted by Crippen LogP contribution is -2.35. The Balaban J connectivity index is 2.97. The second-order valence-electron chi connectivity index (χ2n) is 3.73. The summed E-state index contributed by atoms with van der Waals surface area (Å²) >= 11 is 3.32. The van der Waals surface area contributed by atoms with Gasteiger partial charge in [0.15, 0.2) is 0 Å². The molecule has 0 bridgehead atoms. The number of nitrogens with zero attached hydrogens (tertiary/aromatic N) is 1. The zero-order valence-electron chi connectivity index (χ0n) is 9.74. The average Bonchev–Trinajstić information content (AvgIpc) is 2.23. The lowest BCUT2D eigenvalue weighted by Gasteiger charge is -2.18. The molecule has 0 spiro atoms. The summed E-state index contributed by atoms with van der Waals surface area (Å²) in [7, 11) is 0. The van der Waals surface area contributed by atoms with E-state index in [4.69, 9.17) is 5.11 Å². The second kappa shape index (κ2) is 5.82. The number of carboxylic acid groups (broad SMARTS) is 1. The van der Waals surface area contributed by atoms with E-state index in [-0.39, 0.29) is 12.5 Å². The van der Waals surface area contributed by atoms with E-state index in [9.17, 15) is 9.59 Å². The predicted octanol–water partition coefficient (Wildman–Crippen LogP) is 2.30. The number of hydrogen-bond donors (Lipinski definition) is 1. The molecule has 0 saturated heterocycles. The number of carbonyl (C=O) groups is 2. The Hall–Kier alpha value is -1.36. The van der Waals surface area contributed by atoms with E-state index in [1.807, 2.05) is 13.0 Å². The topological polar surface area (TPSA) is 57.6 Å². The van der Waals surface area contributed by atoms with Crippen LogP contribution in [-0.2, 0) is 4.79 Å². The van der Waals surface area contributed by atoms with Crippen LogP contribution in [0.1, 0.15) is 22.8 Å². The lowest BCUT2D eigenvalue weighted by molar-refractivity contribution is -0.137. The van der Waals surface area contributed by atoms with Gasteiger partial charge in [0.05, 0.1) is 0 Å². The van der Waals surface area contributed by atoms with E-state index in [2.05, 4.69) is 15.9 Å². The van der Waals surface area contributed by atoms with E-state index in [0.717, 1.165) is 10.0 Å². The van der Waals surface area contributed by atoms with Crippen LogP contribution in [0.5, 0.6) is 0 Å². The van der Waals surface area contributed by atoms with E-state index in [0.29, 0.717) is 12.1 Å². The minimum atomic E-state index is -1.01. The lowest BCUT2D eigenvalue weighted by atomic mass is 10.1. The summed E-state index contributed by atoms with van der Waals surface area (Å²) in [4.78, 5) is 24.0. The molecule has 0 aliphatic rings. The molecule has 1 rings (SSSR count). The van der Waals surface area contributed by atoms with Gasteiger partial charge in [-0.2, -0.15) is 0 Å². The van der Waals surface area contributed by atoms with E-state index in [1.165, 1.54) is 4.90 Å². The van der Waals surface area contributed by atoms with Gasteiger partial charge in [0.25, 0.3) is 5.91 Å². The number of halogens is 1. The molecule has 0 aliphatic heterocycles. The number of hydrogen-bond acceptors (Lipinski definition) is 2. The molecule has 1 amide bonds. The van der Waals surface area contributed by atoms with Crippen molar-refractivity contribution in [3.8, 4) is 0 Å². The number of amides is 1. The molecule has 0 atom stereocenters. The first-order valence-electron chi connectivity index (χ1n) is 5.22. The predicted molar refractivity (Wildman–Crippen MR) is 68.1 cm³/mol. The summed E-state index contributed by atoms with van der Waals surface area (Å²) in [5.41, 5.74) is 1.45. The zero-order valence-corrected chi connectivity index (χ0v) is 11.3.